The molecule has 3 aromatic rings. The predicted molar refractivity (Wildman–Crippen MR) is 88.8 cm³/mol. The summed E-state index contributed by atoms with van der Waals surface area (Å²) in [5.41, 5.74) is 8.16. The lowest BCUT2D eigenvalue weighted by atomic mass is 9.99. The van der Waals surface area contributed by atoms with Gasteiger partial charge >= 0.3 is 0 Å². The summed E-state index contributed by atoms with van der Waals surface area (Å²) in [6.45, 7) is 0. The van der Waals surface area contributed by atoms with Gasteiger partial charge in [-0.15, -0.1) is 0 Å². The molecule has 0 saturated heterocycles. The number of nitrogens with zero attached hydrogens (tertiary/aromatic N) is 1. The zero-order valence-electron chi connectivity index (χ0n) is 11.3. The van der Waals surface area contributed by atoms with E-state index in [2.05, 4.69) is 11.1 Å². The Kier molecular flexibility index (Phi) is 4.11. The Bertz CT molecular complexity index is 781. The molecule has 0 spiro atoms. The van der Waals surface area contributed by atoms with E-state index >= 15 is 0 Å². The predicted octanol–water partition coefficient (Wildman–Crippen LogP) is 4.78. The second-order valence-corrected chi connectivity index (χ2v) is 5.73. The molecular formula is C17H14Cl2N2. The van der Waals surface area contributed by atoms with Crippen LogP contribution < -0.4 is 5.73 Å². The lowest BCUT2D eigenvalue weighted by molar-refractivity contribution is 0.704. The molecule has 0 saturated carbocycles. The van der Waals surface area contributed by atoms with Gasteiger partial charge in [-0.2, -0.15) is 0 Å². The molecule has 0 aliphatic rings. The van der Waals surface area contributed by atoms with Crippen LogP contribution in [0.5, 0.6) is 0 Å². The Morgan fingerprint density at radius 3 is 2.67 bits per heavy atom. The molecular weight excluding hydrogens is 303 g/mol. The SMILES string of the molecule is NC(Cc1cccc(Cl)c1Cl)c1nccc2ccccc12. The van der Waals surface area contributed by atoms with Crippen molar-refractivity contribution in [3.05, 3.63) is 76.0 Å². The lowest BCUT2D eigenvalue weighted by Gasteiger charge is -2.15. The molecule has 0 amide bonds. The Morgan fingerprint density at radius 2 is 1.81 bits per heavy atom. The molecule has 1 aromatic heterocycles. The molecule has 2 nitrogen and oxygen atoms in total. The number of fused-ring (bicyclic) bond motifs is 1. The van der Waals surface area contributed by atoms with Gasteiger partial charge in [-0.1, -0.05) is 59.6 Å². The van der Waals surface area contributed by atoms with Crippen LogP contribution in [0.25, 0.3) is 10.8 Å². The molecule has 21 heavy (non-hydrogen) atoms. The minimum atomic E-state index is -0.230. The molecule has 0 aliphatic carbocycles. The minimum Gasteiger partial charge on any atom is -0.322 e. The smallest absolute Gasteiger partial charge is 0.0652 e. The summed E-state index contributed by atoms with van der Waals surface area (Å²) in [7, 11) is 0. The summed E-state index contributed by atoms with van der Waals surface area (Å²) in [5, 5.41) is 3.32. The molecule has 1 heterocycles. The van der Waals surface area contributed by atoms with Crippen LogP contribution >= 0.6 is 23.2 Å². The maximum Gasteiger partial charge on any atom is 0.0652 e. The maximum atomic E-state index is 6.35. The number of hydrogen-bond acceptors (Lipinski definition) is 2. The molecule has 0 bridgehead atoms. The highest BCUT2D eigenvalue weighted by molar-refractivity contribution is 6.42. The van der Waals surface area contributed by atoms with Gasteiger partial charge in [0.15, 0.2) is 0 Å². The molecule has 0 fully saturated rings. The van der Waals surface area contributed by atoms with Crippen molar-refractivity contribution in [3.8, 4) is 0 Å². The topological polar surface area (TPSA) is 38.9 Å². The van der Waals surface area contributed by atoms with E-state index in [1.807, 2.05) is 36.4 Å². The van der Waals surface area contributed by atoms with Crippen molar-refractivity contribution >= 4 is 34.0 Å². The summed E-state index contributed by atoms with van der Waals surface area (Å²) in [6, 6.07) is 15.4. The van der Waals surface area contributed by atoms with Crippen molar-refractivity contribution in [3.63, 3.8) is 0 Å². The monoisotopic (exact) mass is 316 g/mol. The molecule has 0 radical (unpaired) electrons. The van der Waals surface area contributed by atoms with Gasteiger partial charge in [0.25, 0.3) is 0 Å². The van der Waals surface area contributed by atoms with Crippen molar-refractivity contribution in [1.29, 1.82) is 0 Å². The number of aromatic nitrogens is 1. The van der Waals surface area contributed by atoms with Crippen LogP contribution in [0, 0.1) is 0 Å². The Morgan fingerprint density at radius 1 is 1.00 bits per heavy atom. The maximum absolute atomic E-state index is 6.35. The van der Waals surface area contributed by atoms with E-state index in [0.717, 1.165) is 22.0 Å². The van der Waals surface area contributed by atoms with Crippen LogP contribution in [0.3, 0.4) is 0 Å². The van der Waals surface area contributed by atoms with E-state index in [4.69, 9.17) is 28.9 Å². The zero-order chi connectivity index (χ0) is 14.8. The number of pyridine rings is 1. The van der Waals surface area contributed by atoms with Crippen molar-refractivity contribution < 1.29 is 0 Å². The second kappa shape index (κ2) is 6.02. The number of nitrogens with two attached hydrogens (primary N) is 1. The third kappa shape index (κ3) is 2.88. The summed E-state index contributed by atoms with van der Waals surface area (Å²) in [6.07, 6.45) is 2.39. The van der Waals surface area contributed by atoms with Crippen molar-refractivity contribution in [2.24, 2.45) is 5.73 Å². The highest BCUT2D eigenvalue weighted by Gasteiger charge is 2.14. The molecule has 4 heteroatoms. The molecule has 106 valence electrons. The van der Waals surface area contributed by atoms with Crippen LogP contribution in [0.1, 0.15) is 17.3 Å². The molecule has 2 aromatic carbocycles. The van der Waals surface area contributed by atoms with E-state index in [9.17, 15) is 0 Å². The van der Waals surface area contributed by atoms with Crippen molar-refractivity contribution in [2.45, 2.75) is 12.5 Å². The van der Waals surface area contributed by atoms with Gasteiger partial charge in [-0.05, 0) is 29.5 Å². The standard InChI is InChI=1S/C17H14Cl2N2/c18-14-7-3-5-12(16(14)19)10-15(20)17-13-6-2-1-4-11(13)8-9-21-17/h1-9,15H,10,20H2. The number of hydrogen-bond donors (Lipinski definition) is 1. The van der Waals surface area contributed by atoms with Gasteiger partial charge in [-0.25, -0.2) is 0 Å². The largest absolute Gasteiger partial charge is 0.322 e. The Balaban J connectivity index is 1.97. The van der Waals surface area contributed by atoms with Gasteiger partial charge in [0, 0.05) is 11.6 Å². The highest BCUT2D eigenvalue weighted by atomic mass is 35.5. The summed E-state index contributed by atoms with van der Waals surface area (Å²) >= 11 is 12.3. The first kappa shape index (κ1) is 14.3. The normalized spacial score (nSPS) is 12.5. The molecule has 0 aliphatic heterocycles. The van der Waals surface area contributed by atoms with Crippen LogP contribution in [-0.2, 0) is 6.42 Å². The van der Waals surface area contributed by atoms with Crippen molar-refractivity contribution in [1.82, 2.24) is 4.98 Å². The minimum absolute atomic E-state index is 0.230. The van der Waals surface area contributed by atoms with Crippen LogP contribution in [0.15, 0.2) is 54.7 Å². The van der Waals surface area contributed by atoms with Crippen LogP contribution in [0.2, 0.25) is 10.0 Å². The first-order chi connectivity index (χ1) is 10.2. The fourth-order valence-electron chi connectivity index (χ4n) is 2.48. The molecule has 1 unspecified atom stereocenters. The molecule has 1 atom stereocenters. The molecule has 3 rings (SSSR count). The fourth-order valence-corrected chi connectivity index (χ4v) is 2.88. The number of rotatable bonds is 3. The van der Waals surface area contributed by atoms with Gasteiger partial charge in [0.2, 0.25) is 0 Å². The summed E-state index contributed by atoms with van der Waals surface area (Å²) in [5.74, 6) is 0. The van der Waals surface area contributed by atoms with E-state index in [-0.39, 0.29) is 6.04 Å². The average Bonchev–Trinajstić information content (AvgIpc) is 2.51. The first-order valence-corrected chi connectivity index (χ1v) is 7.44. The zero-order valence-corrected chi connectivity index (χ0v) is 12.8. The fraction of sp³-hybridized carbons (Fsp3) is 0.118. The van der Waals surface area contributed by atoms with Crippen LogP contribution in [-0.4, -0.2) is 4.98 Å². The van der Waals surface area contributed by atoms with Gasteiger partial charge in [0.05, 0.1) is 21.8 Å². The van der Waals surface area contributed by atoms with E-state index in [1.54, 1.807) is 12.3 Å². The van der Waals surface area contributed by atoms with E-state index < -0.39 is 0 Å². The van der Waals surface area contributed by atoms with Gasteiger partial charge in [0.1, 0.15) is 0 Å². The Hall–Kier alpha value is -1.61. The first-order valence-electron chi connectivity index (χ1n) is 6.69. The van der Waals surface area contributed by atoms with E-state index in [0.29, 0.717) is 16.5 Å². The van der Waals surface area contributed by atoms with Gasteiger partial charge < -0.3 is 5.73 Å². The highest BCUT2D eigenvalue weighted by Crippen LogP contribution is 2.29. The number of halogens is 2. The van der Waals surface area contributed by atoms with Gasteiger partial charge in [-0.3, -0.25) is 4.98 Å². The second-order valence-electron chi connectivity index (χ2n) is 4.94. The lowest BCUT2D eigenvalue weighted by Crippen LogP contribution is -2.15. The number of benzene rings is 2. The Labute approximate surface area is 133 Å². The molecule has 2 N–H and O–H groups in total. The third-order valence-corrected chi connectivity index (χ3v) is 4.39. The van der Waals surface area contributed by atoms with Crippen molar-refractivity contribution in [2.75, 3.05) is 0 Å². The van der Waals surface area contributed by atoms with Crippen LogP contribution in [0.4, 0.5) is 0 Å². The summed E-state index contributed by atoms with van der Waals surface area (Å²) < 4.78 is 0. The summed E-state index contributed by atoms with van der Waals surface area (Å²) in [4.78, 5) is 4.45. The average molecular weight is 317 g/mol. The quantitative estimate of drug-likeness (QED) is 0.755. The third-order valence-electron chi connectivity index (χ3n) is 3.53. The van der Waals surface area contributed by atoms with E-state index in [1.165, 1.54) is 0 Å².